The zero-order valence-electron chi connectivity index (χ0n) is 11.0. The van der Waals surface area contributed by atoms with Crippen molar-refractivity contribution in [2.75, 3.05) is 6.61 Å². The Morgan fingerprint density at radius 3 is 2.58 bits per heavy atom. The lowest BCUT2D eigenvalue weighted by molar-refractivity contribution is 0.0738. The molecule has 2 N–H and O–H groups in total. The molecule has 0 spiro atoms. The predicted molar refractivity (Wildman–Crippen MR) is 72.5 cm³/mol. The third-order valence-electron chi connectivity index (χ3n) is 3.63. The first-order chi connectivity index (χ1) is 9.15. The van der Waals surface area contributed by atoms with Gasteiger partial charge in [0.05, 0.1) is 6.61 Å². The molecule has 1 saturated carbocycles. The molecule has 0 radical (unpaired) electrons. The molecular formula is C14H20BFO3. The lowest BCUT2D eigenvalue weighted by atomic mass is 9.79. The molecule has 3 nitrogen and oxygen atoms in total. The number of hydrogen-bond acceptors (Lipinski definition) is 3. The SMILES string of the molecule is OB(O)c1cc(F)cc(COCC2CCCCC2)c1. The monoisotopic (exact) mass is 266 g/mol. The number of rotatable bonds is 5. The van der Waals surface area contributed by atoms with Gasteiger partial charge in [0.25, 0.3) is 0 Å². The first-order valence-electron chi connectivity index (χ1n) is 6.88. The topological polar surface area (TPSA) is 49.7 Å². The minimum atomic E-state index is -1.65. The van der Waals surface area contributed by atoms with Crippen molar-refractivity contribution >= 4 is 12.6 Å². The average Bonchev–Trinajstić information content (AvgIpc) is 2.39. The number of benzene rings is 1. The van der Waals surface area contributed by atoms with Gasteiger partial charge in [0.15, 0.2) is 0 Å². The van der Waals surface area contributed by atoms with Crippen molar-refractivity contribution in [3.63, 3.8) is 0 Å². The van der Waals surface area contributed by atoms with Gasteiger partial charge in [0, 0.05) is 6.61 Å². The lowest BCUT2D eigenvalue weighted by Crippen LogP contribution is -2.30. The summed E-state index contributed by atoms with van der Waals surface area (Å²) >= 11 is 0. The average molecular weight is 266 g/mol. The van der Waals surface area contributed by atoms with Crippen LogP contribution in [0.1, 0.15) is 37.7 Å². The van der Waals surface area contributed by atoms with Gasteiger partial charge < -0.3 is 14.8 Å². The summed E-state index contributed by atoms with van der Waals surface area (Å²) in [5.41, 5.74) is 0.801. The van der Waals surface area contributed by atoms with Gasteiger partial charge in [-0.2, -0.15) is 0 Å². The smallest absolute Gasteiger partial charge is 0.423 e. The van der Waals surface area contributed by atoms with Gasteiger partial charge in [-0.25, -0.2) is 4.39 Å². The summed E-state index contributed by atoms with van der Waals surface area (Å²) in [6.07, 6.45) is 6.29. The second kappa shape index (κ2) is 7.03. The highest BCUT2D eigenvalue weighted by Gasteiger charge is 2.15. The highest BCUT2D eigenvalue weighted by molar-refractivity contribution is 6.58. The molecule has 0 atom stereocenters. The molecule has 0 heterocycles. The number of hydrogen-bond donors (Lipinski definition) is 2. The molecule has 104 valence electrons. The molecule has 0 aromatic heterocycles. The summed E-state index contributed by atoms with van der Waals surface area (Å²) in [7, 11) is -1.65. The molecule has 0 bridgehead atoms. The van der Waals surface area contributed by atoms with E-state index in [-0.39, 0.29) is 5.46 Å². The third-order valence-corrected chi connectivity index (χ3v) is 3.63. The van der Waals surface area contributed by atoms with Crippen LogP contribution >= 0.6 is 0 Å². The fraction of sp³-hybridized carbons (Fsp3) is 0.571. The van der Waals surface area contributed by atoms with Crippen LogP contribution in [0, 0.1) is 11.7 Å². The second-order valence-electron chi connectivity index (χ2n) is 5.29. The van der Waals surface area contributed by atoms with Crippen LogP contribution in [0.25, 0.3) is 0 Å². The van der Waals surface area contributed by atoms with E-state index in [2.05, 4.69) is 0 Å². The van der Waals surface area contributed by atoms with Crippen molar-refractivity contribution in [2.45, 2.75) is 38.7 Å². The van der Waals surface area contributed by atoms with Crippen LogP contribution < -0.4 is 5.46 Å². The van der Waals surface area contributed by atoms with Gasteiger partial charge in [0.1, 0.15) is 5.82 Å². The van der Waals surface area contributed by atoms with E-state index in [4.69, 9.17) is 14.8 Å². The minimum absolute atomic E-state index is 0.163. The maximum Gasteiger partial charge on any atom is 0.488 e. The van der Waals surface area contributed by atoms with Crippen molar-refractivity contribution in [1.82, 2.24) is 0 Å². The van der Waals surface area contributed by atoms with Gasteiger partial charge in [-0.15, -0.1) is 0 Å². The molecule has 1 fully saturated rings. The molecule has 0 amide bonds. The van der Waals surface area contributed by atoms with Crippen molar-refractivity contribution in [3.8, 4) is 0 Å². The van der Waals surface area contributed by atoms with Crippen molar-refractivity contribution in [1.29, 1.82) is 0 Å². The Morgan fingerprint density at radius 1 is 1.16 bits per heavy atom. The number of ether oxygens (including phenoxy) is 1. The number of halogens is 1. The molecule has 0 aliphatic heterocycles. The van der Waals surface area contributed by atoms with Crippen molar-refractivity contribution in [3.05, 3.63) is 29.6 Å². The van der Waals surface area contributed by atoms with E-state index in [1.165, 1.54) is 38.2 Å². The van der Waals surface area contributed by atoms with Crippen LogP contribution in [0.15, 0.2) is 18.2 Å². The van der Waals surface area contributed by atoms with E-state index >= 15 is 0 Å². The maximum absolute atomic E-state index is 13.3. The van der Waals surface area contributed by atoms with Crippen LogP contribution in [0.5, 0.6) is 0 Å². The van der Waals surface area contributed by atoms with E-state index < -0.39 is 12.9 Å². The zero-order valence-corrected chi connectivity index (χ0v) is 11.0. The fourth-order valence-corrected chi connectivity index (χ4v) is 2.61. The van der Waals surface area contributed by atoms with Crippen LogP contribution in [0.2, 0.25) is 0 Å². The molecule has 5 heteroatoms. The molecule has 1 aliphatic carbocycles. The molecule has 19 heavy (non-hydrogen) atoms. The minimum Gasteiger partial charge on any atom is -0.423 e. The van der Waals surface area contributed by atoms with Crippen molar-refractivity contribution in [2.24, 2.45) is 5.92 Å². The molecule has 0 saturated heterocycles. The van der Waals surface area contributed by atoms with Crippen molar-refractivity contribution < 1.29 is 19.2 Å². The predicted octanol–water partition coefficient (Wildman–Crippen LogP) is 1.60. The van der Waals surface area contributed by atoms with E-state index in [1.54, 1.807) is 6.07 Å². The summed E-state index contributed by atoms with van der Waals surface area (Å²) in [5, 5.41) is 18.1. The Balaban J connectivity index is 1.84. The van der Waals surface area contributed by atoms with E-state index in [0.29, 0.717) is 24.7 Å². The Bertz CT molecular complexity index is 406. The van der Waals surface area contributed by atoms with Crippen LogP contribution in [-0.2, 0) is 11.3 Å². The summed E-state index contributed by atoms with van der Waals surface area (Å²) in [5.74, 6) is 0.145. The molecule has 2 rings (SSSR count). The second-order valence-corrected chi connectivity index (χ2v) is 5.29. The Labute approximate surface area is 113 Å². The van der Waals surface area contributed by atoms with E-state index in [9.17, 15) is 4.39 Å². The maximum atomic E-state index is 13.3. The van der Waals surface area contributed by atoms with E-state index in [1.807, 2.05) is 0 Å². The lowest BCUT2D eigenvalue weighted by Gasteiger charge is -2.21. The zero-order chi connectivity index (χ0) is 13.7. The largest absolute Gasteiger partial charge is 0.488 e. The van der Waals surface area contributed by atoms with Gasteiger partial charge in [-0.3, -0.25) is 0 Å². The summed E-state index contributed by atoms with van der Waals surface area (Å²) in [4.78, 5) is 0. The third kappa shape index (κ3) is 4.60. The molecule has 1 aliphatic rings. The Hall–Kier alpha value is -0.905. The van der Waals surface area contributed by atoms with Gasteiger partial charge in [-0.1, -0.05) is 25.3 Å². The molecular weight excluding hydrogens is 246 g/mol. The molecule has 1 aromatic carbocycles. The Morgan fingerprint density at radius 2 is 1.89 bits per heavy atom. The summed E-state index contributed by atoms with van der Waals surface area (Å²) in [6, 6.07) is 4.05. The summed E-state index contributed by atoms with van der Waals surface area (Å²) in [6.45, 7) is 1.02. The quantitative estimate of drug-likeness (QED) is 0.796. The van der Waals surface area contributed by atoms with Crippen LogP contribution in [0.4, 0.5) is 4.39 Å². The molecule has 1 aromatic rings. The Kier molecular flexibility index (Phi) is 5.37. The highest BCUT2D eigenvalue weighted by Crippen LogP contribution is 2.23. The van der Waals surface area contributed by atoms with Gasteiger partial charge in [-0.05, 0) is 41.9 Å². The van der Waals surface area contributed by atoms with E-state index in [0.717, 1.165) is 6.07 Å². The first kappa shape index (κ1) is 14.5. The summed E-state index contributed by atoms with van der Waals surface area (Å²) < 4.78 is 18.9. The highest BCUT2D eigenvalue weighted by atomic mass is 19.1. The van der Waals surface area contributed by atoms with Gasteiger partial charge >= 0.3 is 7.12 Å². The fourth-order valence-electron chi connectivity index (χ4n) is 2.61. The molecule has 0 unspecified atom stereocenters. The first-order valence-corrected chi connectivity index (χ1v) is 6.88. The van der Waals surface area contributed by atoms with Gasteiger partial charge in [0.2, 0.25) is 0 Å². The van der Waals surface area contributed by atoms with Crippen LogP contribution in [-0.4, -0.2) is 23.8 Å². The van der Waals surface area contributed by atoms with Crippen LogP contribution in [0.3, 0.4) is 0 Å². The normalized spacial score (nSPS) is 16.6. The standard InChI is InChI=1S/C14H20BFO3/c16-14-7-12(6-13(8-14)15(17)18)10-19-9-11-4-2-1-3-5-11/h6-8,11,17-18H,1-5,9-10H2.